The van der Waals surface area contributed by atoms with E-state index in [0.717, 1.165) is 0 Å². The van der Waals surface area contributed by atoms with Crippen LogP contribution in [0.25, 0.3) is 0 Å². The molecule has 0 heterocycles. The van der Waals surface area contributed by atoms with Crippen LogP contribution in [0, 0.1) is 127 Å². The van der Waals surface area contributed by atoms with Crippen molar-refractivity contribution < 1.29 is 10.2 Å². The molecule has 2 N–H and O–H groups in total. The van der Waals surface area contributed by atoms with E-state index in [-0.39, 0.29) is 45.7 Å². The van der Waals surface area contributed by atoms with Crippen molar-refractivity contribution in [2.45, 2.75) is 12.2 Å². The Labute approximate surface area is 150 Å². The van der Waals surface area contributed by atoms with Crippen molar-refractivity contribution in [1.29, 1.82) is 10.5 Å². The van der Waals surface area contributed by atoms with E-state index in [1.807, 2.05) is 0 Å². The van der Waals surface area contributed by atoms with Gasteiger partial charge in [-0.05, 0) is 92.7 Å². The van der Waals surface area contributed by atoms with Crippen molar-refractivity contribution in [3.63, 3.8) is 0 Å². The predicted octanol–water partition coefficient (Wildman–Crippen LogP) is 0.477. The molecule has 0 aromatic carbocycles. The fourth-order valence-electron chi connectivity index (χ4n) is 17.1. The van der Waals surface area contributed by atoms with Crippen LogP contribution in [0.2, 0.25) is 0 Å². The van der Waals surface area contributed by atoms with E-state index < -0.39 is 0 Å². The molecule has 13 rings (SSSR count). The summed E-state index contributed by atoms with van der Waals surface area (Å²) in [6, 6.07) is 5.60. The molecular formula is C22H18N2O2. The van der Waals surface area contributed by atoms with Crippen molar-refractivity contribution >= 4 is 0 Å². The summed E-state index contributed by atoms with van der Waals surface area (Å²) < 4.78 is 0. The number of hydrogen-bond donors (Lipinski definition) is 2. The van der Waals surface area contributed by atoms with E-state index in [2.05, 4.69) is 12.1 Å². The molecule has 13 aliphatic rings. The van der Waals surface area contributed by atoms with Gasteiger partial charge in [-0.3, -0.25) is 0 Å². The van der Waals surface area contributed by atoms with E-state index in [1.165, 1.54) is 0 Å². The van der Waals surface area contributed by atoms with Gasteiger partial charge < -0.3 is 10.2 Å². The van der Waals surface area contributed by atoms with Crippen LogP contribution in [0.4, 0.5) is 0 Å². The Morgan fingerprint density at radius 2 is 0.769 bits per heavy atom. The lowest BCUT2D eigenvalue weighted by Gasteiger charge is -2.74. The molecule has 4 heteroatoms. The minimum Gasteiger partial charge on any atom is -0.392 e. The van der Waals surface area contributed by atoms with Crippen LogP contribution in [0.5, 0.6) is 0 Å². The lowest BCUT2D eigenvalue weighted by molar-refractivity contribution is -0.297. The van der Waals surface area contributed by atoms with Crippen LogP contribution in [-0.2, 0) is 0 Å². The van der Waals surface area contributed by atoms with Gasteiger partial charge in [0.1, 0.15) is 0 Å². The second-order valence-corrected chi connectivity index (χ2v) is 12.3. The molecule has 0 radical (unpaired) electrons. The summed E-state index contributed by atoms with van der Waals surface area (Å²) in [5.74, 6) is 5.95. The summed E-state index contributed by atoms with van der Waals surface area (Å²) in [4.78, 5) is 0. The third kappa shape index (κ3) is 0.435. The van der Waals surface area contributed by atoms with E-state index >= 15 is 0 Å². The smallest absolute Gasteiger partial charge is 0.0662 e. The molecule has 8 unspecified atom stereocenters. The average molecular weight is 342 g/mol. The van der Waals surface area contributed by atoms with Crippen LogP contribution in [0.1, 0.15) is 0 Å². The van der Waals surface area contributed by atoms with Crippen molar-refractivity contribution in [3.8, 4) is 12.1 Å². The zero-order chi connectivity index (χ0) is 16.7. The van der Waals surface area contributed by atoms with Crippen LogP contribution in [-0.4, -0.2) is 22.4 Å². The highest BCUT2D eigenvalue weighted by Gasteiger charge is 3.23. The maximum Gasteiger partial charge on any atom is 0.0662 e. The van der Waals surface area contributed by atoms with Gasteiger partial charge in [0.05, 0.1) is 36.2 Å². The molecule has 4 nitrogen and oxygen atoms in total. The summed E-state index contributed by atoms with van der Waals surface area (Å²) in [6.07, 6.45) is -0.317. The number of rotatable bonds is 0. The van der Waals surface area contributed by atoms with E-state index in [4.69, 9.17) is 0 Å². The van der Waals surface area contributed by atoms with E-state index in [1.54, 1.807) is 0 Å². The summed E-state index contributed by atoms with van der Waals surface area (Å²) in [5.41, 5.74) is 0.664. The topological polar surface area (TPSA) is 88.0 Å². The molecule has 8 atom stereocenters. The number of nitrogens with zero attached hydrogens (tertiary/aromatic N) is 2. The fraction of sp³-hybridized carbons (Fsp3) is 0.909. The molecule has 0 aromatic heterocycles. The lowest BCUT2D eigenvalue weighted by atomic mass is 9.28. The monoisotopic (exact) mass is 342 g/mol. The summed E-state index contributed by atoms with van der Waals surface area (Å²) in [5, 5.41) is 43.4. The molecular weight excluding hydrogens is 324 g/mol. The van der Waals surface area contributed by atoms with E-state index in [9.17, 15) is 20.7 Å². The highest BCUT2D eigenvalue weighted by Crippen LogP contribution is 3.23. The normalized spacial score (nSPS) is 96.6. The molecule has 0 saturated heterocycles. The zero-order valence-electron chi connectivity index (χ0n) is 14.0. The van der Waals surface area contributed by atoms with E-state index in [0.29, 0.717) is 71.0 Å². The van der Waals surface area contributed by atoms with Crippen LogP contribution < -0.4 is 0 Å². The number of aliphatic hydroxyl groups is 2. The first-order valence-corrected chi connectivity index (χ1v) is 10.9. The maximum absolute atomic E-state index is 11.5. The molecule has 13 saturated carbocycles. The molecule has 0 aliphatic heterocycles. The highest BCUT2D eigenvalue weighted by atomic mass is 16.3. The van der Waals surface area contributed by atoms with Gasteiger partial charge >= 0.3 is 0 Å². The first-order chi connectivity index (χ1) is 12.7. The standard InChI is InChI=1S/C22H18N2O2/c23-1-3-9-5-6-10(3)20-14-8-7-13(17(14)25)19(9,20)21-11(5)4(2-24)12(6)22(20,21)16(8)18(26)15(7)21/h3-18,25-26H. The summed E-state index contributed by atoms with van der Waals surface area (Å²) in [7, 11) is 0. The first-order valence-electron chi connectivity index (χ1n) is 10.9. The first kappa shape index (κ1) is 11.7. The molecule has 8 bridgehead atoms. The van der Waals surface area contributed by atoms with Gasteiger partial charge in [-0.1, -0.05) is 0 Å². The Balaban J connectivity index is 1.46. The number of hydrogen-bond acceptors (Lipinski definition) is 4. The summed E-state index contributed by atoms with van der Waals surface area (Å²) >= 11 is 0. The third-order valence-corrected chi connectivity index (χ3v) is 14.5. The number of nitriles is 2. The zero-order valence-corrected chi connectivity index (χ0v) is 14.0. The lowest BCUT2D eigenvalue weighted by Crippen LogP contribution is -2.73. The van der Waals surface area contributed by atoms with Crippen molar-refractivity contribution in [1.82, 2.24) is 0 Å². The van der Waals surface area contributed by atoms with Crippen LogP contribution in [0.3, 0.4) is 0 Å². The molecule has 4 spiro atoms. The van der Waals surface area contributed by atoms with Crippen LogP contribution in [0.15, 0.2) is 0 Å². The Bertz CT molecular complexity index is 911. The van der Waals surface area contributed by atoms with Gasteiger partial charge in [-0.2, -0.15) is 10.5 Å². The Kier molecular flexibility index (Phi) is 1.06. The second kappa shape index (κ2) is 2.36. The second-order valence-electron chi connectivity index (χ2n) is 12.3. The minimum atomic E-state index is -0.158. The maximum atomic E-state index is 11.5. The molecule has 13 aliphatic carbocycles. The number of aliphatic hydroxyl groups excluding tert-OH is 2. The highest BCUT2D eigenvalue weighted by molar-refractivity contribution is 5.69. The third-order valence-electron chi connectivity index (χ3n) is 14.5. The van der Waals surface area contributed by atoms with Gasteiger partial charge in [0.15, 0.2) is 0 Å². The molecule has 0 amide bonds. The van der Waals surface area contributed by atoms with Gasteiger partial charge in [-0.15, -0.1) is 0 Å². The molecule has 0 aromatic rings. The summed E-state index contributed by atoms with van der Waals surface area (Å²) in [6.45, 7) is 0. The van der Waals surface area contributed by atoms with Gasteiger partial charge in [0.2, 0.25) is 0 Å². The molecule has 26 heavy (non-hydrogen) atoms. The fourth-order valence-corrected chi connectivity index (χ4v) is 17.1. The largest absolute Gasteiger partial charge is 0.392 e. The Hall–Kier alpha value is -1.10. The average Bonchev–Trinajstić information content (AvgIpc) is 3.41. The molecule has 128 valence electrons. The van der Waals surface area contributed by atoms with Gasteiger partial charge in [0.25, 0.3) is 0 Å². The SMILES string of the molecule is N#CC1C2C3C4C1C15C6C(O)C7C8C6C6C(O)C8C8(C3C(C#N)C4C618)C725. The van der Waals surface area contributed by atoms with Crippen molar-refractivity contribution in [2.24, 2.45) is 105 Å². The van der Waals surface area contributed by atoms with Crippen LogP contribution >= 0.6 is 0 Å². The predicted molar refractivity (Wildman–Crippen MR) is 81.8 cm³/mol. The van der Waals surface area contributed by atoms with Gasteiger partial charge in [0, 0.05) is 0 Å². The van der Waals surface area contributed by atoms with Crippen molar-refractivity contribution in [3.05, 3.63) is 0 Å². The van der Waals surface area contributed by atoms with Crippen molar-refractivity contribution in [2.75, 3.05) is 0 Å². The van der Waals surface area contributed by atoms with Gasteiger partial charge in [-0.25, -0.2) is 0 Å². The minimum absolute atomic E-state index is 0.158. The molecule has 13 fully saturated rings. The quantitative estimate of drug-likeness (QED) is 0.670. The Morgan fingerprint density at radius 3 is 1.04 bits per heavy atom. The Morgan fingerprint density at radius 1 is 0.500 bits per heavy atom.